The summed E-state index contributed by atoms with van der Waals surface area (Å²) in [5.41, 5.74) is 1.18. The van der Waals surface area contributed by atoms with E-state index in [4.69, 9.17) is 4.74 Å². The predicted molar refractivity (Wildman–Crippen MR) is 81.3 cm³/mol. The minimum Gasteiger partial charge on any atom is -0.378 e. The van der Waals surface area contributed by atoms with Gasteiger partial charge in [0.25, 0.3) is 0 Å². The normalized spacial score (nSPS) is 16.5. The van der Waals surface area contributed by atoms with Crippen LogP contribution in [0, 0.1) is 0 Å². The summed E-state index contributed by atoms with van der Waals surface area (Å²) >= 11 is 0. The van der Waals surface area contributed by atoms with E-state index in [1.807, 2.05) is 18.2 Å². The third-order valence-corrected chi connectivity index (χ3v) is 3.56. The molecule has 110 valence electrons. The van der Waals surface area contributed by atoms with Gasteiger partial charge in [-0.3, -0.25) is 4.98 Å². The van der Waals surface area contributed by atoms with Gasteiger partial charge in [-0.25, -0.2) is 9.97 Å². The molecule has 1 atom stereocenters. The van der Waals surface area contributed by atoms with Crippen molar-refractivity contribution in [2.24, 2.45) is 0 Å². The maximum atomic E-state index is 5.37. The molecular weight excluding hydrogens is 266 g/mol. The van der Waals surface area contributed by atoms with Crippen molar-refractivity contribution in [1.29, 1.82) is 0 Å². The molecule has 0 aromatic carbocycles. The first-order valence-corrected chi connectivity index (χ1v) is 7.14. The molecule has 3 rings (SSSR count). The fourth-order valence-corrected chi connectivity index (χ4v) is 2.35. The van der Waals surface area contributed by atoms with Crippen molar-refractivity contribution < 1.29 is 4.74 Å². The summed E-state index contributed by atoms with van der Waals surface area (Å²) in [6.07, 6.45) is 5.20. The highest BCUT2D eigenvalue weighted by molar-refractivity contribution is 5.49. The maximum absolute atomic E-state index is 5.37. The van der Waals surface area contributed by atoms with Crippen LogP contribution in [0.2, 0.25) is 0 Å². The van der Waals surface area contributed by atoms with Crippen molar-refractivity contribution in [2.45, 2.75) is 13.0 Å². The van der Waals surface area contributed by atoms with Crippen molar-refractivity contribution in [3.8, 4) is 0 Å². The Morgan fingerprint density at radius 2 is 1.95 bits per heavy atom. The maximum Gasteiger partial charge on any atom is 0.134 e. The number of morpholine rings is 1. The lowest BCUT2D eigenvalue weighted by Gasteiger charge is -2.28. The number of nitrogens with zero attached hydrogens (tertiary/aromatic N) is 4. The Labute approximate surface area is 124 Å². The van der Waals surface area contributed by atoms with Crippen LogP contribution in [0.1, 0.15) is 18.5 Å². The van der Waals surface area contributed by atoms with Crippen molar-refractivity contribution in [3.63, 3.8) is 0 Å². The van der Waals surface area contributed by atoms with Crippen molar-refractivity contribution in [2.75, 3.05) is 36.5 Å². The lowest BCUT2D eigenvalue weighted by molar-refractivity contribution is 0.122. The summed E-state index contributed by atoms with van der Waals surface area (Å²) in [7, 11) is 0. The number of aromatic nitrogens is 3. The monoisotopic (exact) mass is 285 g/mol. The second-order valence-electron chi connectivity index (χ2n) is 5.01. The highest BCUT2D eigenvalue weighted by Gasteiger charge is 2.13. The smallest absolute Gasteiger partial charge is 0.134 e. The zero-order chi connectivity index (χ0) is 14.5. The molecule has 2 aromatic rings. The summed E-state index contributed by atoms with van der Waals surface area (Å²) in [5, 5.41) is 3.40. The Balaban J connectivity index is 1.71. The molecule has 1 N–H and O–H groups in total. The van der Waals surface area contributed by atoms with Crippen LogP contribution < -0.4 is 10.2 Å². The second-order valence-corrected chi connectivity index (χ2v) is 5.01. The summed E-state index contributed by atoms with van der Waals surface area (Å²) in [4.78, 5) is 14.9. The van der Waals surface area contributed by atoms with Gasteiger partial charge in [-0.15, -0.1) is 0 Å². The number of hydrogen-bond donors (Lipinski definition) is 1. The molecule has 0 aliphatic carbocycles. The van der Waals surface area contributed by atoms with Crippen LogP contribution in [0.5, 0.6) is 0 Å². The first-order valence-electron chi connectivity index (χ1n) is 7.14. The molecule has 21 heavy (non-hydrogen) atoms. The fourth-order valence-electron chi connectivity index (χ4n) is 2.35. The highest BCUT2D eigenvalue weighted by Crippen LogP contribution is 2.20. The second kappa shape index (κ2) is 6.49. The number of nitrogens with one attached hydrogen (secondary N) is 1. The number of rotatable bonds is 4. The lowest BCUT2D eigenvalue weighted by Crippen LogP contribution is -2.36. The van der Waals surface area contributed by atoms with Crippen LogP contribution in [0.3, 0.4) is 0 Å². The van der Waals surface area contributed by atoms with E-state index in [-0.39, 0.29) is 6.04 Å². The summed E-state index contributed by atoms with van der Waals surface area (Å²) < 4.78 is 5.37. The lowest BCUT2D eigenvalue weighted by atomic mass is 10.1. The van der Waals surface area contributed by atoms with Gasteiger partial charge in [0.2, 0.25) is 0 Å². The van der Waals surface area contributed by atoms with Gasteiger partial charge in [0.05, 0.1) is 19.3 Å². The van der Waals surface area contributed by atoms with Crippen LogP contribution in [0.4, 0.5) is 11.6 Å². The Bertz CT molecular complexity index is 571. The first-order chi connectivity index (χ1) is 10.3. The van der Waals surface area contributed by atoms with Gasteiger partial charge < -0.3 is 15.0 Å². The summed E-state index contributed by atoms with van der Waals surface area (Å²) in [5.74, 6) is 1.77. The molecule has 0 bridgehead atoms. The van der Waals surface area contributed by atoms with Crippen LogP contribution in [0.25, 0.3) is 0 Å². The van der Waals surface area contributed by atoms with Crippen LogP contribution >= 0.6 is 0 Å². The molecule has 6 heteroatoms. The number of hydrogen-bond acceptors (Lipinski definition) is 6. The molecule has 0 radical (unpaired) electrons. The van der Waals surface area contributed by atoms with E-state index in [0.717, 1.165) is 37.9 Å². The van der Waals surface area contributed by atoms with Gasteiger partial charge in [-0.1, -0.05) is 0 Å². The highest BCUT2D eigenvalue weighted by atomic mass is 16.5. The van der Waals surface area contributed by atoms with Crippen LogP contribution in [0.15, 0.2) is 36.9 Å². The van der Waals surface area contributed by atoms with E-state index >= 15 is 0 Å². The molecule has 1 fully saturated rings. The largest absolute Gasteiger partial charge is 0.378 e. The quantitative estimate of drug-likeness (QED) is 0.925. The molecule has 1 saturated heterocycles. The van der Waals surface area contributed by atoms with Crippen molar-refractivity contribution in [3.05, 3.63) is 42.5 Å². The fraction of sp³-hybridized carbons (Fsp3) is 0.400. The average Bonchev–Trinajstić information content (AvgIpc) is 2.57. The minimum atomic E-state index is 0.167. The van der Waals surface area contributed by atoms with Gasteiger partial charge in [-0.05, 0) is 24.6 Å². The SMILES string of the molecule is C[C@H](Nc1cc(N2CCOCC2)ncn1)c1ccncc1. The van der Waals surface area contributed by atoms with E-state index in [1.165, 1.54) is 5.56 Å². The zero-order valence-electron chi connectivity index (χ0n) is 12.1. The van der Waals surface area contributed by atoms with Gasteiger partial charge in [-0.2, -0.15) is 0 Å². The molecule has 0 spiro atoms. The van der Waals surface area contributed by atoms with Gasteiger partial charge in [0, 0.05) is 31.5 Å². The van der Waals surface area contributed by atoms with Gasteiger partial charge >= 0.3 is 0 Å². The number of anilines is 2. The topological polar surface area (TPSA) is 63.2 Å². The van der Waals surface area contributed by atoms with Gasteiger partial charge in [0.15, 0.2) is 0 Å². The van der Waals surface area contributed by atoms with Crippen LogP contribution in [-0.4, -0.2) is 41.3 Å². The third kappa shape index (κ3) is 3.46. The van der Waals surface area contributed by atoms with E-state index < -0.39 is 0 Å². The Kier molecular flexibility index (Phi) is 4.25. The third-order valence-electron chi connectivity index (χ3n) is 3.56. The molecule has 3 heterocycles. The van der Waals surface area contributed by atoms with E-state index in [0.29, 0.717) is 0 Å². The first kappa shape index (κ1) is 13.8. The average molecular weight is 285 g/mol. The molecule has 2 aromatic heterocycles. The van der Waals surface area contributed by atoms with E-state index in [2.05, 4.69) is 32.1 Å². The standard InChI is InChI=1S/C15H19N5O/c1-12(13-2-4-16-5-3-13)19-14-10-15(18-11-17-14)20-6-8-21-9-7-20/h2-5,10-12H,6-9H2,1H3,(H,17,18,19)/t12-/m0/s1. The minimum absolute atomic E-state index is 0.167. The van der Waals surface area contributed by atoms with Crippen molar-refractivity contribution in [1.82, 2.24) is 15.0 Å². The van der Waals surface area contributed by atoms with Crippen molar-refractivity contribution >= 4 is 11.6 Å². The number of ether oxygens (including phenoxy) is 1. The molecule has 1 aliphatic heterocycles. The van der Waals surface area contributed by atoms with E-state index in [9.17, 15) is 0 Å². The Morgan fingerprint density at radius 1 is 1.19 bits per heavy atom. The molecule has 0 unspecified atom stereocenters. The molecule has 0 amide bonds. The molecule has 0 saturated carbocycles. The van der Waals surface area contributed by atoms with E-state index in [1.54, 1.807) is 18.7 Å². The molecule has 1 aliphatic rings. The molecular formula is C15H19N5O. The number of pyridine rings is 1. The van der Waals surface area contributed by atoms with Crippen LogP contribution in [-0.2, 0) is 4.74 Å². The Hall–Kier alpha value is -2.21. The predicted octanol–water partition coefficient (Wildman–Crippen LogP) is 1.88. The summed E-state index contributed by atoms with van der Waals surface area (Å²) in [6.45, 7) is 5.35. The Morgan fingerprint density at radius 3 is 2.71 bits per heavy atom. The zero-order valence-corrected chi connectivity index (χ0v) is 12.1. The summed E-state index contributed by atoms with van der Waals surface area (Å²) in [6, 6.07) is 6.16. The van der Waals surface area contributed by atoms with Gasteiger partial charge in [0.1, 0.15) is 18.0 Å². The molecule has 6 nitrogen and oxygen atoms in total.